The molecule has 0 fully saturated rings. The summed E-state index contributed by atoms with van der Waals surface area (Å²) >= 11 is 0. The Morgan fingerprint density at radius 3 is 2.76 bits per heavy atom. The van der Waals surface area contributed by atoms with Gasteiger partial charge in [0.05, 0.1) is 6.61 Å². The van der Waals surface area contributed by atoms with Crippen molar-refractivity contribution in [2.24, 2.45) is 0 Å². The van der Waals surface area contributed by atoms with Crippen LogP contribution >= 0.6 is 0 Å². The monoisotopic (exact) mass is 310 g/mol. The molecule has 21 heavy (non-hydrogen) atoms. The van der Waals surface area contributed by atoms with E-state index in [9.17, 15) is 12.8 Å². The predicted molar refractivity (Wildman–Crippen MR) is 75.3 cm³/mol. The number of hydrogen-bond donors (Lipinski definition) is 2. The molecule has 0 aliphatic carbocycles. The van der Waals surface area contributed by atoms with E-state index in [2.05, 4.69) is 9.71 Å². The molecule has 0 saturated heterocycles. The second kappa shape index (κ2) is 6.30. The van der Waals surface area contributed by atoms with E-state index in [0.29, 0.717) is 11.1 Å². The summed E-state index contributed by atoms with van der Waals surface area (Å²) in [5, 5.41) is 9.03. The maximum absolute atomic E-state index is 13.7. The molecule has 1 aromatic carbocycles. The number of nitrogens with one attached hydrogen (secondary N) is 1. The number of aromatic nitrogens is 1. The van der Waals surface area contributed by atoms with E-state index in [1.165, 1.54) is 12.3 Å². The first-order chi connectivity index (χ1) is 9.94. The summed E-state index contributed by atoms with van der Waals surface area (Å²) in [6.07, 6.45) is 3.11. The van der Waals surface area contributed by atoms with E-state index >= 15 is 0 Å². The first kappa shape index (κ1) is 15.6. The molecule has 1 unspecified atom stereocenters. The summed E-state index contributed by atoms with van der Waals surface area (Å²) in [4.78, 5) is 3.43. The molecule has 0 spiro atoms. The Labute approximate surface area is 122 Å². The van der Waals surface area contributed by atoms with Crippen molar-refractivity contribution in [3.63, 3.8) is 0 Å². The normalized spacial score (nSPS) is 13.1. The molecule has 0 aliphatic heterocycles. The van der Waals surface area contributed by atoms with Crippen LogP contribution in [0.2, 0.25) is 0 Å². The smallest absolute Gasteiger partial charge is 0.244 e. The van der Waals surface area contributed by atoms with Crippen molar-refractivity contribution in [2.45, 2.75) is 24.5 Å². The molecule has 0 saturated carbocycles. The van der Waals surface area contributed by atoms with Crippen molar-refractivity contribution in [1.29, 1.82) is 0 Å². The van der Waals surface area contributed by atoms with Crippen LogP contribution < -0.4 is 4.72 Å². The molecule has 1 atom stereocenters. The predicted octanol–water partition coefficient (Wildman–Crippen LogP) is 1.75. The fourth-order valence-corrected chi connectivity index (χ4v) is 3.21. The van der Waals surface area contributed by atoms with E-state index in [-0.39, 0.29) is 6.61 Å². The van der Waals surface area contributed by atoms with Crippen LogP contribution in [0.4, 0.5) is 4.39 Å². The lowest BCUT2D eigenvalue weighted by molar-refractivity contribution is 0.281. The number of benzene rings is 1. The van der Waals surface area contributed by atoms with Crippen LogP contribution in [0.3, 0.4) is 0 Å². The van der Waals surface area contributed by atoms with Crippen LogP contribution in [0, 0.1) is 5.82 Å². The van der Waals surface area contributed by atoms with Crippen molar-refractivity contribution in [3.8, 4) is 0 Å². The summed E-state index contributed by atoms with van der Waals surface area (Å²) < 4.78 is 40.6. The highest BCUT2D eigenvalue weighted by Gasteiger charge is 2.22. The van der Waals surface area contributed by atoms with E-state index in [1.807, 2.05) is 0 Å². The van der Waals surface area contributed by atoms with Gasteiger partial charge in [-0.2, -0.15) is 0 Å². The zero-order valence-electron chi connectivity index (χ0n) is 11.3. The van der Waals surface area contributed by atoms with E-state index in [4.69, 9.17) is 5.11 Å². The average Bonchev–Trinajstić information content (AvgIpc) is 2.48. The zero-order chi connectivity index (χ0) is 15.5. The summed E-state index contributed by atoms with van der Waals surface area (Å²) in [7, 11) is -4.03. The summed E-state index contributed by atoms with van der Waals surface area (Å²) in [6.45, 7) is 1.28. The van der Waals surface area contributed by atoms with Gasteiger partial charge in [-0.1, -0.05) is 12.1 Å². The van der Waals surface area contributed by atoms with Crippen molar-refractivity contribution in [2.75, 3.05) is 0 Å². The van der Waals surface area contributed by atoms with Crippen LogP contribution in [0.15, 0.2) is 47.6 Å². The number of nitrogens with zero attached hydrogens (tertiary/aromatic N) is 1. The van der Waals surface area contributed by atoms with Gasteiger partial charge in [0, 0.05) is 18.4 Å². The molecule has 0 aliphatic rings. The van der Waals surface area contributed by atoms with Crippen molar-refractivity contribution in [1.82, 2.24) is 9.71 Å². The molecule has 0 radical (unpaired) electrons. The Morgan fingerprint density at radius 2 is 2.14 bits per heavy atom. The number of pyridine rings is 1. The van der Waals surface area contributed by atoms with Gasteiger partial charge >= 0.3 is 0 Å². The molecule has 2 rings (SSSR count). The van der Waals surface area contributed by atoms with Gasteiger partial charge in [0.1, 0.15) is 10.7 Å². The van der Waals surface area contributed by atoms with E-state index in [1.54, 1.807) is 25.3 Å². The lowest BCUT2D eigenvalue weighted by atomic mass is 10.2. The highest BCUT2D eigenvalue weighted by atomic mass is 32.2. The number of sulfonamides is 1. The minimum Gasteiger partial charge on any atom is -0.392 e. The Morgan fingerprint density at radius 1 is 1.38 bits per heavy atom. The molecule has 1 heterocycles. The van der Waals surface area contributed by atoms with Gasteiger partial charge < -0.3 is 5.11 Å². The number of hydrogen-bond acceptors (Lipinski definition) is 4. The average molecular weight is 310 g/mol. The second-order valence-electron chi connectivity index (χ2n) is 4.55. The summed E-state index contributed by atoms with van der Waals surface area (Å²) in [5.74, 6) is -0.863. The third-order valence-corrected chi connectivity index (χ3v) is 4.54. The molecule has 1 aromatic heterocycles. The molecule has 2 N–H and O–H groups in total. The first-order valence-electron chi connectivity index (χ1n) is 6.25. The van der Waals surface area contributed by atoms with Crippen molar-refractivity contribution >= 4 is 10.0 Å². The largest absolute Gasteiger partial charge is 0.392 e. The summed E-state index contributed by atoms with van der Waals surface area (Å²) in [6, 6.07) is 6.33. The van der Waals surface area contributed by atoms with Gasteiger partial charge in [0.2, 0.25) is 10.0 Å². The van der Waals surface area contributed by atoms with Crippen molar-refractivity contribution < 1.29 is 17.9 Å². The lowest BCUT2D eigenvalue weighted by Gasteiger charge is -2.15. The van der Waals surface area contributed by atoms with Crippen LogP contribution in [-0.2, 0) is 16.6 Å². The molecule has 7 heteroatoms. The number of halogens is 1. The van der Waals surface area contributed by atoms with Gasteiger partial charge in [0.25, 0.3) is 0 Å². The molecule has 0 amide bonds. The molecule has 2 aromatic rings. The SMILES string of the molecule is CC(NS(=O)(=O)c1cc(CO)ccc1F)c1cccnc1. The third kappa shape index (κ3) is 3.63. The van der Waals surface area contributed by atoms with E-state index in [0.717, 1.165) is 12.1 Å². The molecule has 5 nitrogen and oxygen atoms in total. The van der Waals surface area contributed by atoms with Gasteiger partial charge in [0.15, 0.2) is 0 Å². The van der Waals surface area contributed by atoms with Crippen LogP contribution in [0.25, 0.3) is 0 Å². The maximum Gasteiger partial charge on any atom is 0.244 e. The fraction of sp³-hybridized carbons (Fsp3) is 0.214. The minimum atomic E-state index is -4.03. The van der Waals surface area contributed by atoms with Gasteiger partial charge in [-0.25, -0.2) is 17.5 Å². The first-order valence-corrected chi connectivity index (χ1v) is 7.74. The summed E-state index contributed by atoms with van der Waals surface area (Å²) in [5.41, 5.74) is 0.991. The number of aliphatic hydroxyl groups excluding tert-OH is 1. The topological polar surface area (TPSA) is 79.3 Å². The Bertz CT molecular complexity index is 720. The van der Waals surface area contributed by atoms with Gasteiger partial charge in [-0.15, -0.1) is 0 Å². The van der Waals surface area contributed by atoms with Crippen LogP contribution in [0.5, 0.6) is 0 Å². The highest BCUT2D eigenvalue weighted by Crippen LogP contribution is 2.20. The third-order valence-electron chi connectivity index (χ3n) is 2.98. The molecular formula is C14H15FN2O3S. The molecule has 112 valence electrons. The quantitative estimate of drug-likeness (QED) is 0.882. The number of rotatable bonds is 5. The molecule has 0 bridgehead atoms. The lowest BCUT2D eigenvalue weighted by Crippen LogP contribution is -2.27. The highest BCUT2D eigenvalue weighted by molar-refractivity contribution is 7.89. The minimum absolute atomic E-state index is 0.325. The fourth-order valence-electron chi connectivity index (χ4n) is 1.85. The zero-order valence-corrected chi connectivity index (χ0v) is 12.1. The maximum atomic E-state index is 13.7. The van der Waals surface area contributed by atoms with Crippen LogP contribution in [-0.4, -0.2) is 18.5 Å². The second-order valence-corrected chi connectivity index (χ2v) is 6.23. The Kier molecular flexibility index (Phi) is 4.66. The van der Waals surface area contributed by atoms with Gasteiger partial charge in [-0.3, -0.25) is 4.98 Å². The van der Waals surface area contributed by atoms with Gasteiger partial charge in [-0.05, 0) is 36.2 Å². The van der Waals surface area contributed by atoms with Crippen molar-refractivity contribution in [3.05, 3.63) is 59.7 Å². The van der Waals surface area contributed by atoms with E-state index < -0.39 is 26.8 Å². The Hall–Kier alpha value is -1.83. The number of aliphatic hydroxyl groups is 1. The Balaban J connectivity index is 2.30. The molecular weight excluding hydrogens is 295 g/mol. The van der Waals surface area contributed by atoms with Crippen LogP contribution in [0.1, 0.15) is 24.1 Å². The standard InChI is InChI=1S/C14H15FN2O3S/c1-10(12-3-2-6-16-8-12)17-21(19,20)14-7-11(9-18)4-5-13(14)15/h2-8,10,17-18H,9H2,1H3.